The van der Waals surface area contributed by atoms with E-state index in [0.29, 0.717) is 36.1 Å². The number of para-hydroxylation sites is 1. The van der Waals surface area contributed by atoms with Gasteiger partial charge in [0.1, 0.15) is 11.5 Å². The van der Waals surface area contributed by atoms with Gasteiger partial charge >= 0.3 is 6.18 Å². The van der Waals surface area contributed by atoms with Crippen LogP contribution < -0.4 is 4.74 Å². The van der Waals surface area contributed by atoms with Crippen LogP contribution in [0.5, 0.6) is 11.5 Å². The first-order valence-corrected chi connectivity index (χ1v) is 8.14. The molecule has 0 aliphatic heterocycles. The third-order valence-corrected chi connectivity index (χ3v) is 3.96. The molecule has 0 unspecified atom stereocenters. The zero-order chi connectivity index (χ0) is 17.9. The van der Waals surface area contributed by atoms with E-state index in [-0.39, 0.29) is 12.2 Å². The number of rotatable bonds is 6. The van der Waals surface area contributed by atoms with Crippen molar-refractivity contribution >= 4 is 21.8 Å². The Bertz CT molecular complexity index is 878. The van der Waals surface area contributed by atoms with Gasteiger partial charge in [0.2, 0.25) is 0 Å². The fraction of sp³-hybridized carbons (Fsp3) is 0.316. The number of fused-ring (bicyclic) bond motifs is 2. The topological polar surface area (TPSA) is 42.4 Å². The van der Waals surface area contributed by atoms with Gasteiger partial charge in [-0.25, -0.2) is 4.98 Å². The van der Waals surface area contributed by atoms with E-state index in [2.05, 4.69) is 4.98 Å². The van der Waals surface area contributed by atoms with Gasteiger partial charge in [-0.15, -0.1) is 0 Å². The predicted octanol–water partition coefficient (Wildman–Crippen LogP) is 5.60. The summed E-state index contributed by atoms with van der Waals surface area (Å²) in [6.07, 6.45) is -3.79. The van der Waals surface area contributed by atoms with Gasteiger partial charge < -0.3 is 9.84 Å². The van der Waals surface area contributed by atoms with E-state index in [0.717, 1.165) is 10.9 Å². The van der Waals surface area contributed by atoms with Crippen molar-refractivity contribution in [3.8, 4) is 11.5 Å². The van der Waals surface area contributed by atoms with E-state index >= 15 is 0 Å². The summed E-state index contributed by atoms with van der Waals surface area (Å²) < 4.78 is 41.8. The van der Waals surface area contributed by atoms with Crippen molar-refractivity contribution in [3.05, 3.63) is 42.5 Å². The van der Waals surface area contributed by atoms with Gasteiger partial charge in [0.05, 0.1) is 17.6 Å². The van der Waals surface area contributed by atoms with Crippen LogP contribution in [0.3, 0.4) is 0 Å². The highest BCUT2D eigenvalue weighted by Crippen LogP contribution is 2.31. The summed E-state index contributed by atoms with van der Waals surface area (Å²) in [5.41, 5.74) is 1.43. The number of hydrogen-bond donors (Lipinski definition) is 1. The molecule has 0 saturated heterocycles. The molecular weight excluding hydrogens is 331 g/mol. The van der Waals surface area contributed by atoms with Crippen LogP contribution >= 0.6 is 0 Å². The lowest BCUT2D eigenvalue weighted by Gasteiger charge is -2.10. The molecule has 2 aromatic carbocycles. The number of pyridine rings is 1. The summed E-state index contributed by atoms with van der Waals surface area (Å²) >= 11 is 0. The SMILES string of the molecule is Oc1cc(OCCCCCC(F)(F)F)cc2nc3ccccc3cc12. The molecule has 0 fully saturated rings. The molecule has 0 spiro atoms. The monoisotopic (exact) mass is 349 g/mol. The minimum atomic E-state index is -4.10. The molecule has 1 N–H and O–H groups in total. The van der Waals surface area contributed by atoms with Crippen molar-refractivity contribution in [2.75, 3.05) is 6.61 Å². The zero-order valence-corrected chi connectivity index (χ0v) is 13.5. The van der Waals surface area contributed by atoms with Crippen molar-refractivity contribution in [2.45, 2.75) is 31.9 Å². The lowest BCUT2D eigenvalue weighted by Crippen LogP contribution is -2.06. The minimum absolute atomic E-state index is 0.0721. The number of aromatic nitrogens is 1. The van der Waals surface area contributed by atoms with Crippen molar-refractivity contribution < 1.29 is 23.0 Å². The zero-order valence-electron chi connectivity index (χ0n) is 13.5. The molecule has 0 amide bonds. The largest absolute Gasteiger partial charge is 0.507 e. The van der Waals surface area contributed by atoms with Crippen molar-refractivity contribution in [1.82, 2.24) is 4.98 Å². The average molecular weight is 349 g/mol. The molecular formula is C19H18F3NO2. The van der Waals surface area contributed by atoms with Crippen LogP contribution in [-0.4, -0.2) is 22.9 Å². The fourth-order valence-corrected chi connectivity index (χ4v) is 2.71. The molecule has 1 heterocycles. The normalized spacial score (nSPS) is 12.0. The minimum Gasteiger partial charge on any atom is -0.507 e. The molecule has 0 aliphatic rings. The smallest absolute Gasteiger partial charge is 0.389 e. The number of aromatic hydroxyl groups is 1. The lowest BCUT2D eigenvalue weighted by atomic mass is 10.1. The second-order valence-corrected chi connectivity index (χ2v) is 5.96. The quantitative estimate of drug-likeness (QED) is 0.465. The van der Waals surface area contributed by atoms with Gasteiger partial charge in [-0.1, -0.05) is 18.2 Å². The molecule has 6 heteroatoms. The van der Waals surface area contributed by atoms with Crippen LogP contribution in [0.4, 0.5) is 13.2 Å². The Morgan fingerprint density at radius 2 is 1.76 bits per heavy atom. The van der Waals surface area contributed by atoms with Crippen molar-refractivity contribution in [2.24, 2.45) is 0 Å². The van der Waals surface area contributed by atoms with E-state index in [4.69, 9.17) is 4.74 Å². The number of hydrogen-bond acceptors (Lipinski definition) is 3. The van der Waals surface area contributed by atoms with Gasteiger partial charge in [0, 0.05) is 29.3 Å². The molecule has 0 saturated carbocycles. The molecule has 3 nitrogen and oxygen atoms in total. The Balaban J connectivity index is 1.65. The third kappa shape index (κ3) is 4.53. The van der Waals surface area contributed by atoms with Gasteiger partial charge in [0.25, 0.3) is 0 Å². The first kappa shape index (κ1) is 17.3. The van der Waals surface area contributed by atoms with Crippen LogP contribution in [0.1, 0.15) is 25.7 Å². The summed E-state index contributed by atoms with van der Waals surface area (Å²) in [4.78, 5) is 4.52. The van der Waals surface area contributed by atoms with Crippen molar-refractivity contribution in [1.29, 1.82) is 0 Å². The van der Waals surface area contributed by atoms with Crippen LogP contribution in [-0.2, 0) is 0 Å². The maximum Gasteiger partial charge on any atom is 0.389 e. The second kappa shape index (κ2) is 7.17. The fourth-order valence-electron chi connectivity index (χ4n) is 2.71. The maximum atomic E-state index is 12.1. The molecule has 25 heavy (non-hydrogen) atoms. The molecule has 0 radical (unpaired) electrons. The summed E-state index contributed by atoms with van der Waals surface area (Å²) in [6.45, 7) is 0.302. The molecule has 3 rings (SSSR count). The maximum absolute atomic E-state index is 12.1. The number of ether oxygens (including phenoxy) is 1. The van der Waals surface area contributed by atoms with E-state index in [1.54, 1.807) is 6.07 Å². The Hall–Kier alpha value is -2.50. The predicted molar refractivity (Wildman–Crippen MR) is 90.9 cm³/mol. The highest BCUT2D eigenvalue weighted by atomic mass is 19.4. The van der Waals surface area contributed by atoms with E-state index < -0.39 is 12.6 Å². The molecule has 0 aliphatic carbocycles. The van der Waals surface area contributed by atoms with Gasteiger partial charge in [-0.3, -0.25) is 0 Å². The number of phenolic OH excluding ortho intramolecular Hbond substituents is 1. The summed E-state index contributed by atoms with van der Waals surface area (Å²) in [5, 5.41) is 11.8. The summed E-state index contributed by atoms with van der Waals surface area (Å²) in [7, 11) is 0. The standard InChI is InChI=1S/C19H18F3NO2/c20-19(21,22)8-4-1-5-9-25-14-11-17-15(18(24)12-14)10-13-6-2-3-7-16(13)23-17/h2-3,6-7,10-12,24H,1,4-5,8-9H2. The number of benzene rings is 2. The Morgan fingerprint density at radius 1 is 0.960 bits per heavy atom. The number of phenols is 1. The van der Waals surface area contributed by atoms with E-state index in [9.17, 15) is 18.3 Å². The average Bonchev–Trinajstić information content (AvgIpc) is 2.55. The molecule has 0 bridgehead atoms. The highest BCUT2D eigenvalue weighted by molar-refractivity contribution is 5.96. The molecule has 132 valence electrons. The number of halogens is 3. The molecule has 1 aromatic heterocycles. The Morgan fingerprint density at radius 3 is 2.56 bits per heavy atom. The molecule has 0 atom stereocenters. The molecule has 3 aromatic rings. The van der Waals surface area contributed by atoms with E-state index in [1.807, 2.05) is 30.3 Å². The van der Waals surface area contributed by atoms with Crippen LogP contribution in [0.25, 0.3) is 21.8 Å². The van der Waals surface area contributed by atoms with Crippen LogP contribution in [0.2, 0.25) is 0 Å². The Labute approximate surface area is 143 Å². The highest BCUT2D eigenvalue weighted by Gasteiger charge is 2.25. The number of alkyl halides is 3. The summed E-state index contributed by atoms with van der Waals surface area (Å²) in [5.74, 6) is 0.534. The summed E-state index contributed by atoms with van der Waals surface area (Å²) in [6, 6.07) is 12.7. The lowest BCUT2D eigenvalue weighted by molar-refractivity contribution is -0.135. The number of unbranched alkanes of at least 4 members (excludes halogenated alkanes) is 2. The van der Waals surface area contributed by atoms with Crippen LogP contribution in [0, 0.1) is 0 Å². The second-order valence-electron chi connectivity index (χ2n) is 5.96. The van der Waals surface area contributed by atoms with E-state index in [1.165, 1.54) is 6.07 Å². The van der Waals surface area contributed by atoms with Gasteiger partial charge in [-0.2, -0.15) is 13.2 Å². The first-order valence-electron chi connectivity index (χ1n) is 8.14. The Kier molecular flexibility index (Phi) is 4.97. The first-order chi connectivity index (χ1) is 11.9. The van der Waals surface area contributed by atoms with Crippen molar-refractivity contribution in [3.63, 3.8) is 0 Å². The van der Waals surface area contributed by atoms with Gasteiger partial charge in [-0.05, 0) is 31.4 Å². The third-order valence-electron chi connectivity index (χ3n) is 3.96. The van der Waals surface area contributed by atoms with Crippen LogP contribution in [0.15, 0.2) is 42.5 Å². The van der Waals surface area contributed by atoms with Gasteiger partial charge in [0.15, 0.2) is 0 Å². The number of nitrogens with zero attached hydrogens (tertiary/aromatic N) is 1.